The molecule has 1 aromatic carbocycles. The summed E-state index contributed by atoms with van der Waals surface area (Å²) in [5.74, 6) is 0.857. The summed E-state index contributed by atoms with van der Waals surface area (Å²) < 4.78 is 11.8. The fourth-order valence-corrected chi connectivity index (χ4v) is 2.29. The maximum atomic E-state index is 5.68. The van der Waals surface area contributed by atoms with Crippen molar-refractivity contribution in [2.24, 2.45) is 0 Å². The summed E-state index contributed by atoms with van der Waals surface area (Å²) in [6.45, 7) is 2.82. The third kappa shape index (κ3) is 1.36. The van der Waals surface area contributed by atoms with Gasteiger partial charge in [0.05, 0.1) is 12.1 Å². The van der Waals surface area contributed by atoms with E-state index in [9.17, 15) is 0 Å². The molecule has 0 aliphatic heterocycles. The van der Waals surface area contributed by atoms with Gasteiger partial charge in [-0.15, -0.1) is 0 Å². The Hall–Kier alpha value is -1.62. The van der Waals surface area contributed by atoms with E-state index in [0.717, 1.165) is 34.8 Å². The lowest BCUT2D eigenvalue weighted by Gasteiger charge is -2.04. The van der Waals surface area contributed by atoms with Gasteiger partial charge in [-0.25, -0.2) is 4.98 Å². The van der Waals surface area contributed by atoms with Gasteiger partial charge in [0.25, 0.3) is 0 Å². The van der Waals surface area contributed by atoms with Crippen LogP contribution in [-0.4, -0.2) is 20.4 Å². The molecule has 2 aromatic heterocycles. The van der Waals surface area contributed by atoms with Crippen LogP contribution in [0.1, 0.15) is 13.3 Å². The molecule has 0 N–H and O–H groups in total. The summed E-state index contributed by atoms with van der Waals surface area (Å²) >= 11 is 1.39. The third-order valence-electron chi connectivity index (χ3n) is 2.41. The average Bonchev–Trinajstić information content (AvgIpc) is 2.86. The highest BCUT2D eigenvalue weighted by molar-refractivity contribution is 7.11. The lowest BCUT2D eigenvalue weighted by atomic mass is 10.3. The Labute approximate surface area is 96.7 Å². The molecular formula is C11H11N3OS. The van der Waals surface area contributed by atoms with Crippen LogP contribution in [0.3, 0.4) is 0 Å². The van der Waals surface area contributed by atoms with Gasteiger partial charge in [0.2, 0.25) is 4.96 Å². The zero-order valence-corrected chi connectivity index (χ0v) is 9.70. The number of hydrogen-bond donors (Lipinski definition) is 0. The molecule has 0 aliphatic rings. The first-order chi connectivity index (χ1) is 7.90. The molecule has 3 aromatic rings. The zero-order chi connectivity index (χ0) is 11.0. The molecule has 0 fully saturated rings. The number of para-hydroxylation sites is 1. The summed E-state index contributed by atoms with van der Waals surface area (Å²) in [4.78, 5) is 5.43. The third-order valence-corrected chi connectivity index (χ3v) is 3.06. The number of benzene rings is 1. The normalized spacial score (nSPS) is 11.3. The van der Waals surface area contributed by atoms with Crippen LogP contribution in [0.2, 0.25) is 0 Å². The molecule has 16 heavy (non-hydrogen) atoms. The van der Waals surface area contributed by atoms with Gasteiger partial charge in [0.1, 0.15) is 17.6 Å². The fourth-order valence-electron chi connectivity index (χ4n) is 1.69. The fraction of sp³-hybridized carbons (Fsp3) is 0.273. The van der Waals surface area contributed by atoms with Crippen LogP contribution < -0.4 is 4.74 Å². The van der Waals surface area contributed by atoms with Gasteiger partial charge in [-0.3, -0.25) is 4.40 Å². The Morgan fingerprint density at radius 1 is 1.44 bits per heavy atom. The Kier molecular flexibility index (Phi) is 2.25. The van der Waals surface area contributed by atoms with Crippen molar-refractivity contribution in [3.05, 3.63) is 24.5 Å². The maximum Gasteiger partial charge on any atom is 0.214 e. The van der Waals surface area contributed by atoms with E-state index in [1.165, 1.54) is 11.5 Å². The van der Waals surface area contributed by atoms with E-state index in [2.05, 4.69) is 16.3 Å². The van der Waals surface area contributed by atoms with Gasteiger partial charge < -0.3 is 4.74 Å². The van der Waals surface area contributed by atoms with E-state index in [1.807, 2.05) is 22.6 Å². The maximum absolute atomic E-state index is 5.68. The predicted octanol–water partition coefficient (Wildman–Crippen LogP) is 2.73. The number of rotatable bonds is 3. The van der Waals surface area contributed by atoms with Crippen LogP contribution in [0.4, 0.5) is 0 Å². The van der Waals surface area contributed by atoms with Crippen LogP contribution in [0.15, 0.2) is 24.5 Å². The minimum atomic E-state index is 0.725. The van der Waals surface area contributed by atoms with Gasteiger partial charge in [0.15, 0.2) is 0 Å². The minimum absolute atomic E-state index is 0.725. The molecule has 0 saturated carbocycles. The molecule has 0 bridgehead atoms. The summed E-state index contributed by atoms with van der Waals surface area (Å²) in [6.07, 6.45) is 2.79. The van der Waals surface area contributed by atoms with Crippen LogP contribution in [0.5, 0.6) is 5.75 Å². The molecular weight excluding hydrogens is 222 g/mol. The van der Waals surface area contributed by atoms with Crippen LogP contribution in [0.25, 0.3) is 16.0 Å². The first-order valence-corrected chi connectivity index (χ1v) is 6.01. The molecule has 0 unspecified atom stereocenters. The lowest BCUT2D eigenvalue weighted by molar-refractivity contribution is 0.320. The van der Waals surface area contributed by atoms with E-state index >= 15 is 0 Å². The monoisotopic (exact) mass is 233 g/mol. The first kappa shape index (κ1) is 9.59. The molecule has 0 aliphatic carbocycles. The predicted molar refractivity (Wildman–Crippen MR) is 64.2 cm³/mol. The van der Waals surface area contributed by atoms with Crippen molar-refractivity contribution in [2.45, 2.75) is 13.3 Å². The summed E-state index contributed by atoms with van der Waals surface area (Å²) in [7, 11) is 0. The highest BCUT2D eigenvalue weighted by atomic mass is 32.1. The second-order valence-electron chi connectivity index (χ2n) is 3.55. The van der Waals surface area contributed by atoms with Crippen molar-refractivity contribution in [1.82, 2.24) is 13.8 Å². The van der Waals surface area contributed by atoms with Crippen molar-refractivity contribution in [3.63, 3.8) is 0 Å². The number of ether oxygens (including phenoxy) is 1. The summed E-state index contributed by atoms with van der Waals surface area (Å²) in [5, 5.41) is 0. The van der Waals surface area contributed by atoms with E-state index in [1.54, 1.807) is 6.33 Å². The van der Waals surface area contributed by atoms with Gasteiger partial charge >= 0.3 is 0 Å². The molecule has 0 saturated heterocycles. The first-order valence-electron chi connectivity index (χ1n) is 5.24. The van der Waals surface area contributed by atoms with Crippen LogP contribution >= 0.6 is 11.5 Å². The Bertz CT molecular complexity index is 628. The molecule has 0 spiro atoms. The van der Waals surface area contributed by atoms with Gasteiger partial charge in [-0.05, 0) is 18.6 Å². The molecule has 82 valence electrons. The smallest absolute Gasteiger partial charge is 0.214 e. The largest absolute Gasteiger partial charge is 0.491 e. The van der Waals surface area contributed by atoms with E-state index in [-0.39, 0.29) is 0 Å². The van der Waals surface area contributed by atoms with Crippen molar-refractivity contribution in [3.8, 4) is 5.75 Å². The van der Waals surface area contributed by atoms with Crippen LogP contribution in [0, 0.1) is 0 Å². The highest BCUT2D eigenvalue weighted by Crippen LogP contribution is 2.27. The quantitative estimate of drug-likeness (QED) is 0.698. The van der Waals surface area contributed by atoms with Crippen molar-refractivity contribution in [1.29, 1.82) is 0 Å². The second kappa shape index (κ2) is 3.75. The zero-order valence-electron chi connectivity index (χ0n) is 8.88. The Balaban J connectivity index is 2.21. The van der Waals surface area contributed by atoms with E-state index in [4.69, 9.17) is 4.74 Å². The molecule has 3 rings (SSSR count). The van der Waals surface area contributed by atoms with E-state index in [0.29, 0.717) is 0 Å². The number of nitrogens with zero attached hydrogens (tertiary/aromatic N) is 3. The average molecular weight is 233 g/mol. The van der Waals surface area contributed by atoms with Gasteiger partial charge in [-0.1, -0.05) is 13.0 Å². The SMILES string of the molecule is CCCOc1cccc2c1nc1sncn12. The molecule has 5 heteroatoms. The molecule has 0 atom stereocenters. The number of fused-ring (bicyclic) bond motifs is 3. The van der Waals surface area contributed by atoms with Crippen molar-refractivity contribution >= 4 is 27.5 Å². The van der Waals surface area contributed by atoms with E-state index < -0.39 is 0 Å². The standard InChI is InChI=1S/C11H11N3OS/c1-2-6-15-9-5-3-4-8-10(9)13-11-14(8)7-12-16-11/h3-5,7H,2,6H2,1H3. The highest BCUT2D eigenvalue weighted by Gasteiger charge is 2.10. The summed E-state index contributed by atoms with van der Waals surface area (Å²) in [6, 6.07) is 5.98. The molecule has 2 heterocycles. The van der Waals surface area contributed by atoms with Crippen molar-refractivity contribution in [2.75, 3.05) is 6.61 Å². The number of aromatic nitrogens is 3. The lowest BCUT2D eigenvalue weighted by Crippen LogP contribution is -1.95. The second-order valence-corrected chi connectivity index (χ2v) is 4.31. The van der Waals surface area contributed by atoms with Gasteiger partial charge in [0, 0.05) is 11.5 Å². The Morgan fingerprint density at radius 2 is 2.38 bits per heavy atom. The Morgan fingerprint density at radius 3 is 3.25 bits per heavy atom. The van der Waals surface area contributed by atoms with Gasteiger partial charge in [-0.2, -0.15) is 4.37 Å². The summed E-state index contributed by atoms with van der Waals surface area (Å²) in [5.41, 5.74) is 1.97. The number of imidazole rings is 1. The number of hydrogen-bond acceptors (Lipinski definition) is 4. The van der Waals surface area contributed by atoms with Crippen molar-refractivity contribution < 1.29 is 4.74 Å². The minimum Gasteiger partial charge on any atom is -0.491 e. The molecule has 4 nitrogen and oxygen atoms in total. The molecule has 0 amide bonds. The van der Waals surface area contributed by atoms with Crippen LogP contribution in [-0.2, 0) is 0 Å². The topological polar surface area (TPSA) is 39.4 Å². The molecule has 0 radical (unpaired) electrons.